The first-order valence-electron chi connectivity index (χ1n) is 5.83. The third-order valence-electron chi connectivity index (χ3n) is 2.48. The fraction of sp³-hybridized carbons (Fsp3) is 0.545. The average Bonchev–Trinajstić information content (AvgIpc) is 2.72. The number of aromatic nitrogens is 2. The Morgan fingerprint density at radius 1 is 1.50 bits per heavy atom. The zero-order valence-corrected chi connectivity index (χ0v) is 10.9. The van der Waals surface area contributed by atoms with Gasteiger partial charge in [0.25, 0.3) is 0 Å². The standard InChI is InChI=1S/C11H19N5O2/c1-4-12-11(18)15-10(17)8(2)13-7-9-5-6-14-16(9)3/h5-6,8,13H,4,7H2,1-3H3,(H2,12,15,17,18). The van der Waals surface area contributed by atoms with Crippen LogP contribution in [0.2, 0.25) is 0 Å². The zero-order valence-electron chi connectivity index (χ0n) is 10.9. The summed E-state index contributed by atoms with van der Waals surface area (Å²) in [6.07, 6.45) is 1.69. The molecule has 1 rings (SSSR count). The first-order valence-corrected chi connectivity index (χ1v) is 5.83. The Morgan fingerprint density at radius 3 is 2.78 bits per heavy atom. The van der Waals surface area contributed by atoms with Gasteiger partial charge in [-0.2, -0.15) is 5.10 Å². The lowest BCUT2D eigenvalue weighted by Crippen LogP contribution is -2.47. The van der Waals surface area contributed by atoms with Crippen LogP contribution in [0.5, 0.6) is 0 Å². The number of carbonyl (C=O) groups is 2. The molecule has 3 N–H and O–H groups in total. The summed E-state index contributed by atoms with van der Waals surface area (Å²) in [5, 5.41) is 11.8. The van der Waals surface area contributed by atoms with Gasteiger partial charge >= 0.3 is 6.03 Å². The molecule has 0 spiro atoms. The fourth-order valence-corrected chi connectivity index (χ4v) is 1.35. The van der Waals surface area contributed by atoms with Crippen molar-refractivity contribution in [3.63, 3.8) is 0 Å². The molecule has 0 radical (unpaired) electrons. The monoisotopic (exact) mass is 253 g/mol. The van der Waals surface area contributed by atoms with Gasteiger partial charge in [-0.1, -0.05) is 0 Å². The number of amides is 3. The van der Waals surface area contributed by atoms with Crippen molar-refractivity contribution in [1.82, 2.24) is 25.7 Å². The van der Waals surface area contributed by atoms with Crippen molar-refractivity contribution in [2.75, 3.05) is 6.54 Å². The second kappa shape index (κ2) is 6.75. The number of carbonyl (C=O) groups excluding carboxylic acids is 2. The number of rotatable bonds is 5. The molecular formula is C11H19N5O2. The quantitative estimate of drug-likeness (QED) is 0.675. The highest BCUT2D eigenvalue weighted by atomic mass is 16.2. The van der Waals surface area contributed by atoms with Gasteiger partial charge in [-0.3, -0.25) is 14.8 Å². The van der Waals surface area contributed by atoms with Crippen LogP contribution in [0.3, 0.4) is 0 Å². The molecule has 7 heteroatoms. The molecule has 0 aliphatic carbocycles. The van der Waals surface area contributed by atoms with Crippen LogP contribution in [0, 0.1) is 0 Å². The van der Waals surface area contributed by atoms with E-state index in [0.29, 0.717) is 13.1 Å². The maximum atomic E-state index is 11.6. The minimum atomic E-state index is -0.475. The molecule has 7 nitrogen and oxygen atoms in total. The Hall–Kier alpha value is -1.89. The fourth-order valence-electron chi connectivity index (χ4n) is 1.35. The van der Waals surface area contributed by atoms with Gasteiger partial charge in [0.15, 0.2) is 0 Å². The molecular weight excluding hydrogens is 234 g/mol. The number of hydrogen-bond acceptors (Lipinski definition) is 4. The number of urea groups is 1. The molecule has 0 fully saturated rings. The van der Waals surface area contributed by atoms with E-state index < -0.39 is 12.1 Å². The van der Waals surface area contributed by atoms with Gasteiger partial charge in [-0.25, -0.2) is 4.79 Å². The van der Waals surface area contributed by atoms with E-state index in [2.05, 4.69) is 21.0 Å². The van der Waals surface area contributed by atoms with Gasteiger partial charge in [-0.15, -0.1) is 0 Å². The van der Waals surface area contributed by atoms with Crippen molar-refractivity contribution in [3.8, 4) is 0 Å². The Kier molecular flexibility index (Phi) is 5.31. The third-order valence-corrected chi connectivity index (χ3v) is 2.48. The predicted octanol–water partition coefficient (Wildman–Crippen LogP) is -0.256. The van der Waals surface area contributed by atoms with E-state index in [1.165, 1.54) is 0 Å². The summed E-state index contributed by atoms with van der Waals surface area (Å²) < 4.78 is 1.72. The van der Waals surface area contributed by atoms with Crippen molar-refractivity contribution in [2.24, 2.45) is 7.05 Å². The summed E-state index contributed by atoms with van der Waals surface area (Å²) in [5.74, 6) is -0.358. The number of nitrogens with one attached hydrogen (secondary N) is 3. The van der Waals surface area contributed by atoms with Crippen LogP contribution in [0.25, 0.3) is 0 Å². The second-order valence-corrected chi connectivity index (χ2v) is 3.90. The summed E-state index contributed by atoms with van der Waals surface area (Å²) >= 11 is 0. The van der Waals surface area contributed by atoms with E-state index in [1.807, 2.05) is 13.1 Å². The van der Waals surface area contributed by atoms with Gasteiger partial charge in [0, 0.05) is 26.3 Å². The van der Waals surface area contributed by atoms with Crippen LogP contribution >= 0.6 is 0 Å². The number of aryl methyl sites for hydroxylation is 1. The first-order chi connectivity index (χ1) is 8.54. The van der Waals surface area contributed by atoms with E-state index in [0.717, 1.165) is 5.69 Å². The maximum absolute atomic E-state index is 11.6. The molecule has 1 heterocycles. The number of hydrogen-bond donors (Lipinski definition) is 3. The summed E-state index contributed by atoms with van der Waals surface area (Å²) in [4.78, 5) is 22.8. The van der Waals surface area contributed by atoms with Crippen molar-refractivity contribution < 1.29 is 9.59 Å². The highest BCUT2D eigenvalue weighted by molar-refractivity contribution is 5.96. The molecule has 0 aliphatic rings. The summed E-state index contributed by atoms with van der Waals surface area (Å²) in [6, 6.07) is 0.931. The van der Waals surface area contributed by atoms with E-state index >= 15 is 0 Å². The third kappa shape index (κ3) is 4.17. The van der Waals surface area contributed by atoms with Crippen LogP contribution in [0.1, 0.15) is 19.5 Å². The van der Waals surface area contributed by atoms with Crippen LogP contribution in [0.15, 0.2) is 12.3 Å². The molecule has 1 aromatic heterocycles. The highest BCUT2D eigenvalue weighted by Crippen LogP contribution is 1.96. The normalized spacial score (nSPS) is 11.9. The van der Waals surface area contributed by atoms with E-state index in [9.17, 15) is 9.59 Å². The van der Waals surface area contributed by atoms with Gasteiger partial charge < -0.3 is 10.6 Å². The van der Waals surface area contributed by atoms with Crippen LogP contribution in [-0.4, -0.2) is 34.3 Å². The van der Waals surface area contributed by atoms with Gasteiger partial charge in [0.1, 0.15) is 0 Å². The minimum Gasteiger partial charge on any atom is -0.338 e. The van der Waals surface area contributed by atoms with Gasteiger partial charge in [-0.05, 0) is 19.9 Å². The Bertz CT molecular complexity index is 415. The first kappa shape index (κ1) is 14.2. The van der Waals surface area contributed by atoms with Crippen LogP contribution < -0.4 is 16.0 Å². The zero-order chi connectivity index (χ0) is 13.5. The lowest BCUT2D eigenvalue weighted by molar-refractivity contribution is -0.121. The molecule has 0 bridgehead atoms. The molecule has 1 unspecified atom stereocenters. The molecule has 0 aromatic carbocycles. The molecule has 1 aromatic rings. The SMILES string of the molecule is CCNC(=O)NC(=O)C(C)NCc1ccnn1C. The Morgan fingerprint density at radius 2 is 2.22 bits per heavy atom. The highest BCUT2D eigenvalue weighted by Gasteiger charge is 2.15. The van der Waals surface area contributed by atoms with E-state index in [1.54, 1.807) is 24.7 Å². The molecule has 0 saturated carbocycles. The lowest BCUT2D eigenvalue weighted by atomic mass is 10.3. The van der Waals surface area contributed by atoms with E-state index in [4.69, 9.17) is 0 Å². The number of nitrogens with zero attached hydrogens (tertiary/aromatic N) is 2. The molecule has 0 aliphatic heterocycles. The minimum absolute atomic E-state index is 0.358. The second-order valence-electron chi connectivity index (χ2n) is 3.90. The van der Waals surface area contributed by atoms with Gasteiger partial charge in [0.05, 0.1) is 11.7 Å². The lowest BCUT2D eigenvalue weighted by Gasteiger charge is -2.13. The Balaban J connectivity index is 2.36. The largest absolute Gasteiger partial charge is 0.338 e. The average molecular weight is 253 g/mol. The van der Waals surface area contributed by atoms with Crippen LogP contribution in [-0.2, 0) is 18.4 Å². The maximum Gasteiger partial charge on any atom is 0.321 e. The molecule has 0 saturated heterocycles. The molecule has 3 amide bonds. The van der Waals surface area contributed by atoms with Crippen molar-refractivity contribution >= 4 is 11.9 Å². The van der Waals surface area contributed by atoms with Gasteiger partial charge in [0.2, 0.25) is 5.91 Å². The van der Waals surface area contributed by atoms with Crippen molar-refractivity contribution in [3.05, 3.63) is 18.0 Å². The molecule has 100 valence electrons. The van der Waals surface area contributed by atoms with Crippen LogP contribution in [0.4, 0.5) is 4.79 Å². The topological polar surface area (TPSA) is 88.1 Å². The van der Waals surface area contributed by atoms with Crippen molar-refractivity contribution in [2.45, 2.75) is 26.4 Å². The molecule has 1 atom stereocenters. The Labute approximate surface area is 106 Å². The summed E-state index contributed by atoms with van der Waals surface area (Å²) in [6.45, 7) is 4.48. The summed E-state index contributed by atoms with van der Waals surface area (Å²) in [5.41, 5.74) is 0.965. The molecule has 18 heavy (non-hydrogen) atoms. The predicted molar refractivity (Wildman–Crippen MR) is 66.7 cm³/mol. The smallest absolute Gasteiger partial charge is 0.321 e. The van der Waals surface area contributed by atoms with E-state index in [-0.39, 0.29) is 5.91 Å². The summed E-state index contributed by atoms with van der Waals surface area (Å²) in [7, 11) is 1.83. The number of imide groups is 1. The van der Waals surface area contributed by atoms with Crippen molar-refractivity contribution in [1.29, 1.82) is 0 Å².